The number of ether oxygens (including phenoxy) is 1. The van der Waals surface area contributed by atoms with Gasteiger partial charge in [0.1, 0.15) is 5.15 Å². The lowest BCUT2D eigenvalue weighted by Gasteiger charge is -2.44. The van der Waals surface area contributed by atoms with Crippen LogP contribution in [0.4, 0.5) is 11.7 Å². The van der Waals surface area contributed by atoms with Crippen LogP contribution in [0.5, 0.6) is 0 Å². The maximum atomic E-state index is 13.0. The lowest BCUT2D eigenvalue weighted by Crippen LogP contribution is -2.54. The maximum absolute atomic E-state index is 13.0. The number of rotatable bonds is 6. The molecule has 5 rings (SSSR count). The first kappa shape index (κ1) is 22.9. The molecule has 0 N–H and O–H groups in total. The van der Waals surface area contributed by atoms with Gasteiger partial charge in [-0.2, -0.15) is 4.98 Å². The van der Waals surface area contributed by atoms with Crippen molar-refractivity contribution < 1.29 is 13.9 Å². The van der Waals surface area contributed by atoms with E-state index in [1.165, 1.54) is 0 Å². The van der Waals surface area contributed by atoms with E-state index in [0.717, 1.165) is 25.2 Å². The van der Waals surface area contributed by atoms with E-state index in [9.17, 15) is 4.79 Å². The number of piperazine rings is 1. The second-order valence-electron chi connectivity index (χ2n) is 9.54. The molecule has 1 aromatic carbocycles. The molecule has 2 saturated heterocycles. The number of benzene rings is 1. The van der Waals surface area contributed by atoms with Crippen molar-refractivity contribution in [2.45, 2.75) is 38.9 Å². The van der Waals surface area contributed by atoms with Crippen molar-refractivity contribution in [3.05, 3.63) is 47.1 Å². The molecule has 3 aromatic rings. The van der Waals surface area contributed by atoms with E-state index in [1.807, 2.05) is 34.1 Å². The van der Waals surface area contributed by atoms with E-state index in [0.29, 0.717) is 54.1 Å². The van der Waals surface area contributed by atoms with Crippen LogP contribution in [-0.2, 0) is 4.74 Å². The van der Waals surface area contributed by atoms with Crippen molar-refractivity contribution in [3.8, 4) is 0 Å². The molecule has 0 bridgehead atoms. The molecule has 0 saturated carbocycles. The molecule has 34 heavy (non-hydrogen) atoms. The van der Waals surface area contributed by atoms with Gasteiger partial charge in [-0.25, -0.2) is 4.98 Å². The molecule has 2 fully saturated rings. The Labute approximate surface area is 204 Å². The number of pyridine rings is 1. The minimum Gasteiger partial charge on any atom is -0.422 e. The Bertz CT molecular complexity index is 1170. The molecular formula is C25H30ClN5O3. The van der Waals surface area contributed by atoms with Gasteiger partial charge >= 0.3 is 0 Å². The maximum Gasteiger partial charge on any atom is 0.300 e. The number of hydrogen-bond donors (Lipinski definition) is 0. The van der Waals surface area contributed by atoms with Gasteiger partial charge in [-0.1, -0.05) is 18.5 Å². The largest absolute Gasteiger partial charge is 0.422 e. The number of carbonyl (C=O) groups is 1. The number of carbonyl (C=O) groups excluding carboxylic acids is 1. The first-order valence-electron chi connectivity index (χ1n) is 11.8. The third-order valence-electron chi connectivity index (χ3n) is 6.71. The summed E-state index contributed by atoms with van der Waals surface area (Å²) in [5.74, 6) is 0.0479. The van der Waals surface area contributed by atoms with Crippen LogP contribution in [0.15, 0.2) is 40.8 Å². The quantitative estimate of drug-likeness (QED) is 0.485. The molecule has 2 aromatic heterocycles. The Morgan fingerprint density at radius 1 is 1.06 bits per heavy atom. The number of oxazole rings is 1. The number of amides is 1. The fourth-order valence-electron chi connectivity index (χ4n) is 4.28. The number of aromatic nitrogens is 2. The van der Waals surface area contributed by atoms with Crippen molar-refractivity contribution in [2.75, 3.05) is 49.1 Å². The molecule has 9 heteroatoms. The fraction of sp³-hybridized carbons (Fsp3) is 0.480. The Kier molecular flexibility index (Phi) is 6.12. The number of halogens is 1. The minimum atomic E-state index is -0.0812. The average Bonchev–Trinajstić information content (AvgIpc) is 3.24. The second-order valence-corrected chi connectivity index (χ2v) is 9.92. The summed E-state index contributed by atoms with van der Waals surface area (Å²) < 4.78 is 12.0. The molecule has 0 radical (unpaired) electrons. The van der Waals surface area contributed by atoms with E-state index in [1.54, 1.807) is 12.1 Å². The van der Waals surface area contributed by atoms with Crippen molar-refractivity contribution in [1.29, 1.82) is 0 Å². The lowest BCUT2D eigenvalue weighted by atomic mass is 10.0. The fourth-order valence-corrected chi connectivity index (χ4v) is 4.42. The number of anilines is 2. The number of hydrogen-bond acceptors (Lipinski definition) is 7. The summed E-state index contributed by atoms with van der Waals surface area (Å²) >= 11 is 5.94. The van der Waals surface area contributed by atoms with Crippen LogP contribution in [0.25, 0.3) is 11.2 Å². The number of fused-ring (bicyclic) bond motifs is 1. The van der Waals surface area contributed by atoms with Crippen LogP contribution in [0.1, 0.15) is 37.6 Å². The molecule has 4 heterocycles. The monoisotopic (exact) mass is 483 g/mol. The summed E-state index contributed by atoms with van der Waals surface area (Å²) in [4.78, 5) is 27.9. The van der Waals surface area contributed by atoms with Crippen LogP contribution in [0, 0.1) is 0 Å². The van der Waals surface area contributed by atoms with E-state index >= 15 is 0 Å². The lowest BCUT2D eigenvalue weighted by molar-refractivity contribution is -0.0830. The standard InChI is InChI=1S/C25H30ClN5O3/c1-4-25(2,3)34-19-15-31(16-19)18-7-5-17(6-8-18)23(32)29-11-13-30(14-12-29)24-28-22-20(33-24)9-10-21(26)27-22/h5-10,19H,4,11-16H2,1-3H3. The molecule has 0 spiro atoms. The van der Waals surface area contributed by atoms with Gasteiger partial charge < -0.3 is 23.9 Å². The summed E-state index contributed by atoms with van der Waals surface area (Å²) in [7, 11) is 0. The highest BCUT2D eigenvalue weighted by atomic mass is 35.5. The zero-order valence-electron chi connectivity index (χ0n) is 19.8. The van der Waals surface area contributed by atoms with Gasteiger partial charge in [0.25, 0.3) is 11.9 Å². The van der Waals surface area contributed by atoms with E-state index < -0.39 is 0 Å². The van der Waals surface area contributed by atoms with Crippen molar-refractivity contribution in [3.63, 3.8) is 0 Å². The topological polar surface area (TPSA) is 74.9 Å². The zero-order valence-corrected chi connectivity index (χ0v) is 20.6. The zero-order chi connectivity index (χ0) is 23.9. The molecule has 0 aliphatic carbocycles. The van der Waals surface area contributed by atoms with Gasteiger partial charge in [-0.05, 0) is 56.7 Å². The summed E-state index contributed by atoms with van der Waals surface area (Å²) in [6.45, 7) is 10.7. The Hall–Kier alpha value is -2.84. The van der Waals surface area contributed by atoms with Gasteiger partial charge in [-0.15, -0.1) is 0 Å². The van der Waals surface area contributed by atoms with E-state index in [-0.39, 0.29) is 17.6 Å². The summed E-state index contributed by atoms with van der Waals surface area (Å²) in [6.07, 6.45) is 1.26. The molecule has 1 amide bonds. The number of nitrogens with zero attached hydrogens (tertiary/aromatic N) is 5. The van der Waals surface area contributed by atoms with E-state index in [2.05, 4.69) is 35.6 Å². The van der Waals surface area contributed by atoms with Crippen LogP contribution < -0.4 is 9.80 Å². The predicted molar refractivity (Wildman–Crippen MR) is 133 cm³/mol. The molecule has 180 valence electrons. The van der Waals surface area contributed by atoms with Crippen LogP contribution in [0.3, 0.4) is 0 Å². The van der Waals surface area contributed by atoms with Gasteiger partial charge in [0.15, 0.2) is 5.58 Å². The highest BCUT2D eigenvalue weighted by Crippen LogP contribution is 2.28. The Morgan fingerprint density at radius 3 is 2.44 bits per heavy atom. The Balaban J connectivity index is 1.14. The Morgan fingerprint density at radius 2 is 1.76 bits per heavy atom. The summed E-state index contributed by atoms with van der Waals surface area (Å²) in [6, 6.07) is 11.9. The van der Waals surface area contributed by atoms with Gasteiger partial charge in [0.2, 0.25) is 5.65 Å². The third kappa shape index (κ3) is 4.70. The van der Waals surface area contributed by atoms with Crippen molar-refractivity contribution in [2.24, 2.45) is 0 Å². The summed E-state index contributed by atoms with van der Waals surface area (Å²) in [5, 5.41) is 0.386. The predicted octanol–water partition coefficient (Wildman–Crippen LogP) is 4.23. The molecule has 2 aliphatic heterocycles. The van der Waals surface area contributed by atoms with E-state index in [4.69, 9.17) is 20.8 Å². The smallest absolute Gasteiger partial charge is 0.300 e. The molecule has 0 atom stereocenters. The first-order chi connectivity index (χ1) is 16.3. The molecule has 2 aliphatic rings. The highest BCUT2D eigenvalue weighted by molar-refractivity contribution is 6.29. The average molecular weight is 484 g/mol. The van der Waals surface area contributed by atoms with Crippen LogP contribution in [0.2, 0.25) is 5.15 Å². The van der Waals surface area contributed by atoms with Crippen LogP contribution in [-0.4, -0.2) is 71.7 Å². The highest BCUT2D eigenvalue weighted by Gasteiger charge is 2.32. The molecular weight excluding hydrogens is 454 g/mol. The SMILES string of the molecule is CCC(C)(C)OC1CN(c2ccc(C(=O)N3CCN(c4nc5nc(Cl)ccc5o4)CC3)cc2)C1. The molecule has 8 nitrogen and oxygen atoms in total. The molecule has 0 unspecified atom stereocenters. The first-order valence-corrected chi connectivity index (χ1v) is 12.2. The third-order valence-corrected chi connectivity index (χ3v) is 6.92. The van der Waals surface area contributed by atoms with Gasteiger partial charge in [-0.3, -0.25) is 4.79 Å². The minimum absolute atomic E-state index is 0.0479. The van der Waals surface area contributed by atoms with Crippen molar-refractivity contribution in [1.82, 2.24) is 14.9 Å². The van der Waals surface area contributed by atoms with Crippen molar-refractivity contribution >= 4 is 40.4 Å². The van der Waals surface area contributed by atoms with Gasteiger partial charge in [0, 0.05) is 50.5 Å². The second kappa shape index (κ2) is 9.07. The van der Waals surface area contributed by atoms with Gasteiger partial charge in [0.05, 0.1) is 11.7 Å². The summed E-state index contributed by atoms with van der Waals surface area (Å²) in [5.41, 5.74) is 2.85. The normalized spacial score (nSPS) is 17.4. The van der Waals surface area contributed by atoms with Crippen LogP contribution >= 0.6 is 11.6 Å².